The number of halogens is 3. The Bertz CT molecular complexity index is 676. The molecule has 0 N–H and O–H groups in total. The average molecular weight is 267 g/mol. The second-order valence-corrected chi connectivity index (χ2v) is 5.68. The third-order valence-corrected chi connectivity index (χ3v) is 3.39. The van der Waals surface area contributed by atoms with Gasteiger partial charge in [-0.2, -0.15) is 0 Å². The molecule has 0 unspecified atom stereocenters. The Morgan fingerprint density at radius 2 is 1.94 bits per heavy atom. The van der Waals surface area contributed by atoms with Gasteiger partial charge in [-0.15, -0.1) is 0 Å². The van der Waals surface area contributed by atoms with E-state index in [1.54, 1.807) is 0 Å². The predicted molar refractivity (Wildman–Crippen MR) is 53.9 cm³/mol. The summed E-state index contributed by atoms with van der Waals surface area (Å²) in [4.78, 5) is 0. The van der Waals surface area contributed by atoms with E-state index in [1.165, 1.54) is 6.92 Å². The number of aryl methyl sites for hydroxylation is 1. The van der Waals surface area contributed by atoms with Gasteiger partial charge in [0.05, 0.1) is 0 Å². The van der Waals surface area contributed by atoms with E-state index in [1.807, 2.05) is 0 Å². The first kappa shape index (κ1) is 11.3. The standard InChI is InChI=1S/C9H5ClF2O3S/c1-4-6-2-5(11)3-7(12)8(6)15-9(4)16(10,13)14/h2-3H,1H3. The largest absolute Gasteiger partial charge is 0.440 e. The van der Waals surface area contributed by atoms with Gasteiger partial charge >= 0.3 is 0 Å². The van der Waals surface area contributed by atoms with Gasteiger partial charge in [-0.1, -0.05) is 0 Å². The van der Waals surface area contributed by atoms with Crippen molar-refractivity contribution in [3.8, 4) is 0 Å². The van der Waals surface area contributed by atoms with Crippen LogP contribution in [0.5, 0.6) is 0 Å². The maximum atomic E-state index is 13.3. The first-order chi connectivity index (χ1) is 7.30. The Morgan fingerprint density at radius 1 is 1.31 bits per heavy atom. The van der Waals surface area contributed by atoms with Crippen LogP contribution in [0.1, 0.15) is 5.56 Å². The molecule has 2 aromatic rings. The van der Waals surface area contributed by atoms with Crippen molar-refractivity contribution in [2.24, 2.45) is 0 Å². The quantitative estimate of drug-likeness (QED) is 0.746. The zero-order valence-corrected chi connectivity index (χ0v) is 9.49. The Morgan fingerprint density at radius 3 is 2.50 bits per heavy atom. The highest BCUT2D eigenvalue weighted by molar-refractivity contribution is 8.13. The molecule has 86 valence electrons. The summed E-state index contributed by atoms with van der Waals surface area (Å²) in [5.41, 5.74) is -0.235. The number of rotatable bonds is 1. The van der Waals surface area contributed by atoms with Gasteiger partial charge in [-0.3, -0.25) is 0 Å². The van der Waals surface area contributed by atoms with Crippen molar-refractivity contribution in [1.82, 2.24) is 0 Å². The summed E-state index contributed by atoms with van der Waals surface area (Å²) >= 11 is 0. The fourth-order valence-electron chi connectivity index (χ4n) is 1.45. The van der Waals surface area contributed by atoms with Crippen LogP contribution in [0.3, 0.4) is 0 Å². The van der Waals surface area contributed by atoms with Crippen LogP contribution >= 0.6 is 10.7 Å². The van der Waals surface area contributed by atoms with Gasteiger partial charge in [0, 0.05) is 27.7 Å². The summed E-state index contributed by atoms with van der Waals surface area (Å²) in [6.45, 7) is 1.36. The minimum atomic E-state index is -4.11. The van der Waals surface area contributed by atoms with Crippen molar-refractivity contribution in [2.75, 3.05) is 0 Å². The molecule has 0 bridgehead atoms. The predicted octanol–water partition coefficient (Wildman–Crippen LogP) is 2.95. The summed E-state index contributed by atoms with van der Waals surface area (Å²) in [6, 6.07) is 1.60. The fraction of sp³-hybridized carbons (Fsp3) is 0.111. The van der Waals surface area contributed by atoms with Crippen LogP contribution in [-0.4, -0.2) is 8.42 Å². The van der Waals surface area contributed by atoms with Crippen LogP contribution in [-0.2, 0) is 9.05 Å². The zero-order chi connectivity index (χ0) is 12.1. The normalized spacial score (nSPS) is 12.2. The summed E-state index contributed by atoms with van der Waals surface area (Å²) < 4.78 is 53.1. The maximum absolute atomic E-state index is 13.3. The van der Waals surface area contributed by atoms with Gasteiger partial charge in [-0.25, -0.2) is 17.2 Å². The molecule has 0 saturated heterocycles. The molecular formula is C9H5ClF2O3S. The molecule has 3 nitrogen and oxygen atoms in total. The monoisotopic (exact) mass is 266 g/mol. The smallest absolute Gasteiger partial charge is 0.294 e. The van der Waals surface area contributed by atoms with Gasteiger partial charge in [-0.05, 0) is 13.0 Å². The summed E-state index contributed by atoms with van der Waals surface area (Å²) in [5, 5.41) is -0.509. The van der Waals surface area contributed by atoms with E-state index >= 15 is 0 Å². The summed E-state index contributed by atoms with van der Waals surface area (Å²) in [7, 11) is 0.981. The van der Waals surface area contributed by atoms with E-state index in [2.05, 4.69) is 0 Å². The third kappa shape index (κ3) is 1.68. The van der Waals surface area contributed by atoms with Crippen molar-refractivity contribution in [2.45, 2.75) is 12.0 Å². The van der Waals surface area contributed by atoms with Gasteiger partial charge in [0.15, 0.2) is 11.4 Å². The van der Waals surface area contributed by atoms with E-state index in [0.717, 1.165) is 6.07 Å². The lowest BCUT2D eigenvalue weighted by Crippen LogP contribution is -1.89. The van der Waals surface area contributed by atoms with Crippen LogP contribution in [0.25, 0.3) is 11.0 Å². The lowest BCUT2D eigenvalue weighted by atomic mass is 10.2. The topological polar surface area (TPSA) is 47.3 Å². The maximum Gasteiger partial charge on any atom is 0.294 e. The zero-order valence-electron chi connectivity index (χ0n) is 7.92. The highest BCUT2D eigenvalue weighted by atomic mass is 35.7. The van der Waals surface area contributed by atoms with Gasteiger partial charge in [0.25, 0.3) is 9.05 Å². The first-order valence-electron chi connectivity index (χ1n) is 4.13. The molecule has 0 fully saturated rings. The third-order valence-electron chi connectivity index (χ3n) is 2.13. The van der Waals surface area contributed by atoms with E-state index in [4.69, 9.17) is 15.1 Å². The number of furan rings is 1. The molecule has 1 heterocycles. The van der Waals surface area contributed by atoms with E-state index in [0.29, 0.717) is 6.07 Å². The van der Waals surface area contributed by atoms with Gasteiger partial charge < -0.3 is 4.42 Å². The molecule has 0 spiro atoms. The van der Waals surface area contributed by atoms with Gasteiger partial charge in [0.2, 0.25) is 5.09 Å². The molecule has 0 radical (unpaired) electrons. The SMILES string of the molecule is Cc1c(S(=O)(=O)Cl)oc2c(F)cc(F)cc12. The van der Waals surface area contributed by atoms with Crippen LogP contribution in [0, 0.1) is 18.6 Å². The highest BCUT2D eigenvalue weighted by Gasteiger charge is 2.23. The molecule has 0 saturated carbocycles. The van der Waals surface area contributed by atoms with E-state index in [-0.39, 0.29) is 16.5 Å². The molecule has 16 heavy (non-hydrogen) atoms. The van der Waals surface area contributed by atoms with Crippen LogP contribution in [0.15, 0.2) is 21.6 Å². The molecule has 0 aliphatic rings. The molecule has 0 amide bonds. The fourth-order valence-corrected chi connectivity index (χ4v) is 2.55. The molecule has 0 aliphatic carbocycles. The molecule has 0 aliphatic heterocycles. The lowest BCUT2D eigenvalue weighted by Gasteiger charge is -1.92. The molecular weight excluding hydrogens is 262 g/mol. The summed E-state index contributed by atoms with van der Waals surface area (Å²) in [6.07, 6.45) is 0. The number of hydrogen-bond donors (Lipinski definition) is 0. The van der Waals surface area contributed by atoms with Crippen LogP contribution in [0.4, 0.5) is 8.78 Å². The van der Waals surface area contributed by atoms with Crippen LogP contribution in [0.2, 0.25) is 0 Å². The first-order valence-corrected chi connectivity index (χ1v) is 6.44. The van der Waals surface area contributed by atoms with Crippen molar-refractivity contribution in [3.63, 3.8) is 0 Å². The van der Waals surface area contributed by atoms with E-state index < -0.39 is 25.8 Å². The second kappa shape index (κ2) is 3.43. The van der Waals surface area contributed by atoms with Crippen molar-refractivity contribution in [3.05, 3.63) is 29.3 Å². The minimum Gasteiger partial charge on any atom is -0.440 e. The molecule has 1 aromatic carbocycles. The van der Waals surface area contributed by atoms with Crippen molar-refractivity contribution in [1.29, 1.82) is 0 Å². The summed E-state index contributed by atoms with van der Waals surface area (Å²) in [5.74, 6) is -1.78. The minimum absolute atomic E-state index is 0.0525. The lowest BCUT2D eigenvalue weighted by molar-refractivity contribution is 0.466. The Labute approximate surface area is 94.0 Å². The Balaban J connectivity index is 2.94. The molecule has 7 heteroatoms. The number of benzene rings is 1. The Hall–Kier alpha value is -1.14. The molecule has 2 rings (SSSR count). The van der Waals surface area contributed by atoms with Gasteiger partial charge in [0.1, 0.15) is 5.82 Å². The average Bonchev–Trinajstić information content (AvgIpc) is 2.43. The molecule has 0 atom stereocenters. The number of fused-ring (bicyclic) bond motifs is 1. The van der Waals surface area contributed by atoms with Crippen LogP contribution < -0.4 is 0 Å². The van der Waals surface area contributed by atoms with E-state index in [9.17, 15) is 17.2 Å². The van der Waals surface area contributed by atoms with Crippen molar-refractivity contribution >= 4 is 30.7 Å². The van der Waals surface area contributed by atoms with Crippen molar-refractivity contribution < 1.29 is 21.6 Å². The number of hydrogen-bond acceptors (Lipinski definition) is 3. The highest BCUT2D eigenvalue weighted by Crippen LogP contribution is 2.32. The Kier molecular flexibility index (Phi) is 2.43. The molecule has 1 aromatic heterocycles. The second-order valence-electron chi connectivity index (χ2n) is 3.22.